The van der Waals surface area contributed by atoms with Crippen LogP contribution >= 0.6 is 11.3 Å². The van der Waals surface area contributed by atoms with Crippen molar-refractivity contribution in [3.05, 3.63) is 21.4 Å². The van der Waals surface area contributed by atoms with Gasteiger partial charge in [-0.15, -0.1) is 11.3 Å². The predicted molar refractivity (Wildman–Crippen MR) is 89.3 cm³/mol. The van der Waals surface area contributed by atoms with E-state index >= 15 is 0 Å². The van der Waals surface area contributed by atoms with E-state index in [4.69, 9.17) is 0 Å². The third-order valence-electron chi connectivity index (χ3n) is 4.22. The fraction of sp³-hybridized carbons (Fsp3) is 0.765. The Kier molecular flexibility index (Phi) is 6.06. The van der Waals surface area contributed by atoms with Crippen LogP contribution in [0.15, 0.2) is 6.07 Å². The average molecular weight is 295 g/mol. The molecule has 2 heterocycles. The molecule has 2 rings (SSSR count). The third kappa shape index (κ3) is 4.57. The molecule has 0 saturated carbocycles. The minimum atomic E-state index is 0.564. The fourth-order valence-corrected chi connectivity index (χ4v) is 4.08. The summed E-state index contributed by atoms with van der Waals surface area (Å²) in [6.45, 7) is 13.8. The highest BCUT2D eigenvalue weighted by Crippen LogP contribution is 2.27. The quantitative estimate of drug-likeness (QED) is 0.811. The molecule has 1 aliphatic rings. The van der Waals surface area contributed by atoms with Crippen LogP contribution in [0, 0.1) is 12.8 Å². The summed E-state index contributed by atoms with van der Waals surface area (Å²) in [5, 5.41) is 3.52. The number of hydrogen-bond donors (Lipinski definition) is 1. The SMILES string of the molecule is CCCC1CCN(Cc2cc(CNC(C)C)sc2C)C1. The molecule has 1 aromatic rings. The van der Waals surface area contributed by atoms with E-state index in [0.29, 0.717) is 6.04 Å². The summed E-state index contributed by atoms with van der Waals surface area (Å²) in [6, 6.07) is 2.98. The molecule has 0 aromatic carbocycles. The van der Waals surface area contributed by atoms with Crippen molar-refractivity contribution in [1.29, 1.82) is 0 Å². The minimum absolute atomic E-state index is 0.564. The van der Waals surface area contributed by atoms with Crippen LogP contribution < -0.4 is 5.32 Å². The molecule has 0 amide bonds. The van der Waals surface area contributed by atoms with Gasteiger partial charge in [-0.2, -0.15) is 0 Å². The average Bonchev–Trinajstić information content (AvgIpc) is 2.96. The van der Waals surface area contributed by atoms with Gasteiger partial charge in [0.05, 0.1) is 0 Å². The second kappa shape index (κ2) is 7.58. The Labute approximate surface area is 128 Å². The first-order chi connectivity index (χ1) is 9.58. The van der Waals surface area contributed by atoms with E-state index in [9.17, 15) is 0 Å². The molecule has 0 aliphatic carbocycles. The summed E-state index contributed by atoms with van der Waals surface area (Å²) in [5.41, 5.74) is 1.55. The Morgan fingerprint density at radius 1 is 1.45 bits per heavy atom. The van der Waals surface area contributed by atoms with E-state index in [1.807, 2.05) is 11.3 Å². The first-order valence-electron chi connectivity index (χ1n) is 8.12. The lowest BCUT2D eigenvalue weighted by molar-refractivity contribution is 0.313. The molecule has 1 aliphatic heterocycles. The third-order valence-corrected chi connectivity index (χ3v) is 5.31. The lowest BCUT2D eigenvalue weighted by Crippen LogP contribution is -2.21. The second-order valence-corrected chi connectivity index (χ2v) is 7.85. The molecule has 1 fully saturated rings. The normalized spacial score (nSPS) is 20.1. The summed E-state index contributed by atoms with van der Waals surface area (Å²) in [6.07, 6.45) is 4.14. The molecule has 114 valence electrons. The lowest BCUT2D eigenvalue weighted by atomic mass is 10.0. The highest BCUT2D eigenvalue weighted by molar-refractivity contribution is 7.12. The van der Waals surface area contributed by atoms with Gasteiger partial charge in [-0.25, -0.2) is 0 Å². The molecule has 0 bridgehead atoms. The van der Waals surface area contributed by atoms with Gasteiger partial charge in [0, 0.05) is 35.4 Å². The fourth-order valence-electron chi connectivity index (χ4n) is 3.08. The smallest absolute Gasteiger partial charge is 0.0302 e. The van der Waals surface area contributed by atoms with Gasteiger partial charge in [0.15, 0.2) is 0 Å². The molecule has 1 N–H and O–H groups in total. The van der Waals surface area contributed by atoms with E-state index in [1.165, 1.54) is 42.1 Å². The Bertz CT molecular complexity index is 411. The Balaban J connectivity index is 1.87. The van der Waals surface area contributed by atoms with Crippen LogP contribution in [0.2, 0.25) is 0 Å². The molecule has 1 aromatic heterocycles. The predicted octanol–water partition coefficient (Wildman–Crippen LogP) is 4.18. The Morgan fingerprint density at radius 2 is 2.25 bits per heavy atom. The molecule has 20 heavy (non-hydrogen) atoms. The molecule has 1 unspecified atom stereocenters. The van der Waals surface area contributed by atoms with Crippen LogP contribution in [0.3, 0.4) is 0 Å². The summed E-state index contributed by atoms with van der Waals surface area (Å²) >= 11 is 1.96. The van der Waals surface area contributed by atoms with Crippen LogP contribution in [-0.2, 0) is 13.1 Å². The van der Waals surface area contributed by atoms with E-state index in [1.54, 1.807) is 5.56 Å². The maximum Gasteiger partial charge on any atom is 0.0302 e. The minimum Gasteiger partial charge on any atom is -0.310 e. The van der Waals surface area contributed by atoms with Gasteiger partial charge in [-0.1, -0.05) is 27.2 Å². The van der Waals surface area contributed by atoms with Crippen LogP contribution in [0.4, 0.5) is 0 Å². The summed E-state index contributed by atoms with van der Waals surface area (Å²) < 4.78 is 0. The van der Waals surface area contributed by atoms with E-state index in [2.05, 4.69) is 44.0 Å². The first-order valence-corrected chi connectivity index (χ1v) is 8.94. The van der Waals surface area contributed by atoms with Gasteiger partial charge in [0.1, 0.15) is 0 Å². The van der Waals surface area contributed by atoms with Gasteiger partial charge in [0.25, 0.3) is 0 Å². The van der Waals surface area contributed by atoms with Gasteiger partial charge in [0.2, 0.25) is 0 Å². The zero-order valence-corrected chi connectivity index (χ0v) is 14.4. The molecule has 3 heteroatoms. The van der Waals surface area contributed by atoms with Gasteiger partial charge in [-0.3, -0.25) is 4.90 Å². The van der Waals surface area contributed by atoms with E-state index < -0.39 is 0 Å². The van der Waals surface area contributed by atoms with Crippen molar-refractivity contribution in [3.63, 3.8) is 0 Å². The number of nitrogens with zero attached hydrogens (tertiary/aromatic N) is 1. The first kappa shape index (κ1) is 16.0. The van der Waals surface area contributed by atoms with Crippen molar-refractivity contribution < 1.29 is 0 Å². The van der Waals surface area contributed by atoms with Crippen LogP contribution in [0.1, 0.15) is 55.4 Å². The molecule has 0 radical (unpaired) electrons. The second-order valence-electron chi connectivity index (χ2n) is 6.51. The van der Waals surface area contributed by atoms with Crippen LogP contribution in [0.25, 0.3) is 0 Å². The number of hydrogen-bond acceptors (Lipinski definition) is 3. The number of thiophene rings is 1. The topological polar surface area (TPSA) is 15.3 Å². The van der Waals surface area contributed by atoms with Gasteiger partial charge >= 0.3 is 0 Å². The molecule has 2 nitrogen and oxygen atoms in total. The number of nitrogens with one attached hydrogen (secondary N) is 1. The molecular weight excluding hydrogens is 264 g/mol. The van der Waals surface area contributed by atoms with Crippen molar-refractivity contribution in [3.8, 4) is 0 Å². The number of aryl methyl sites for hydroxylation is 1. The molecular formula is C17H30N2S. The largest absolute Gasteiger partial charge is 0.310 e. The summed E-state index contributed by atoms with van der Waals surface area (Å²) in [5.74, 6) is 0.945. The zero-order chi connectivity index (χ0) is 14.5. The highest BCUT2D eigenvalue weighted by Gasteiger charge is 2.22. The van der Waals surface area contributed by atoms with Crippen LogP contribution in [-0.4, -0.2) is 24.0 Å². The number of likely N-dealkylation sites (tertiary alicyclic amines) is 1. The summed E-state index contributed by atoms with van der Waals surface area (Å²) in [4.78, 5) is 5.63. The summed E-state index contributed by atoms with van der Waals surface area (Å²) in [7, 11) is 0. The maximum absolute atomic E-state index is 3.52. The zero-order valence-electron chi connectivity index (χ0n) is 13.5. The van der Waals surface area contributed by atoms with Crippen LogP contribution in [0.5, 0.6) is 0 Å². The highest BCUT2D eigenvalue weighted by atomic mass is 32.1. The lowest BCUT2D eigenvalue weighted by Gasteiger charge is -2.15. The van der Waals surface area contributed by atoms with Crippen molar-refractivity contribution in [2.75, 3.05) is 13.1 Å². The molecule has 1 saturated heterocycles. The Hall–Kier alpha value is -0.380. The van der Waals surface area contributed by atoms with Crippen molar-refractivity contribution in [1.82, 2.24) is 10.2 Å². The van der Waals surface area contributed by atoms with E-state index in [0.717, 1.165) is 19.0 Å². The standard InChI is InChI=1S/C17H30N2S/c1-5-6-15-7-8-19(11-15)12-16-9-17(20-14(16)4)10-18-13(2)3/h9,13,15,18H,5-8,10-12H2,1-4H3. The monoisotopic (exact) mass is 294 g/mol. The van der Waals surface area contributed by atoms with Crippen molar-refractivity contribution in [2.24, 2.45) is 5.92 Å². The van der Waals surface area contributed by atoms with Gasteiger partial charge < -0.3 is 5.32 Å². The van der Waals surface area contributed by atoms with Gasteiger partial charge in [-0.05, 0) is 43.9 Å². The van der Waals surface area contributed by atoms with E-state index in [-0.39, 0.29) is 0 Å². The molecule has 0 spiro atoms. The molecule has 1 atom stereocenters. The Morgan fingerprint density at radius 3 is 2.95 bits per heavy atom. The van der Waals surface area contributed by atoms with Crippen molar-refractivity contribution in [2.45, 2.75) is 66.1 Å². The van der Waals surface area contributed by atoms with Crippen molar-refractivity contribution >= 4 is 11.3 Å². The maximum atomic E-state index is 3.52. The number of rotatable bonds is 7.